The topological polar surface area (TPSA) is 59.0 Å². The second kappa shape index (κ2) is 11.4. The predicted molar refractivity (Wildman–Crippen MR) is 116 cm³/mol. The van der Waals surface area contributed by atoms with Crippen LogP contribution in [0.25, 0.3) is 0 Å². The molecule has 0 bridgehead atoms. The molecule has 156 valence electrons. The number of guanidine groups is 1. The van der Waals surface area contributed by atoms with Crippen molar-refractivity contribution in [2.45, 2.75) is 32.9 Å². The van der Waals surface area contributed by atoms with Gasteiger partial charge in [-0.15, -0.1) is 0 Å². The highest BCUT2D eigenvalue weighted by atomic mass is 16.5. The first-order valence-corrected chi connectivity index (χ1v) is 10.4. The average Bonchev–Trinajstić information content (AvgIpc) is 3.23. The van der Waals surface area contributed by atoms with Gasteiger partial charge >= 0.3 is 0 Å². The summed E-state index contributed by atoms with van der Waals surface area (Å²) in [6.07, 6.45) is 3.85. The summed E-state index contributed by atoms with van der Waals surface area (Å²) in [7, 11) is 1.83. The van der Waals surface area contributed by atoms with E-state index in [2.05, 4.69) is 39.2 Å². The molecule has 29 heavy (non-hydrogen) atoms. The number of hydrogen-bond donors (Lipinski definition) is 1. The second-order valence-electron chi connectivity index (χ2n) is 7.32. The Kier molecular flexibility index (Phi) is 8.31. The number of hydrogen-bond acceptors (Lipinski definition) is 4. The van der Waals surface area contributed by atoms with Crippen molar-refractivity contribution >= 4 is 5.96 Å². The van der Waals surface area contributed by atoms with E-state index in [0.29, 0.717) is 31.6 Å². The molecule has 1 aliphatic heterocycles. The van der Waals surface area contributed by atoms with Gasteiger partial charge in [-0.05, 0) is 24.5 Å². The van der Waals surface area contributed by atoms with Crippen LogP contribution in [0.15, 0.2) is 53.7 Å². The largest absolute Gasteiger partial charge is 0.477 e. The zero-order valence-corrected chi connectivity index (χ0v) is 17.5. The molecule has 0 aliphatic carbocycles. The van der Waals surface area contributed by atoms with Gasteiger partial charge in [0.1, 0.15) is 0 Å². The molecule has 0 spiro atoms. The third kappa shape index (κ3) is 6.46. The number of pyridine rings is 1. The van der Waals surface area contributed by atoms with Gasteiger partial charge in [0.05, 0.1) is 19.8 Å². The normalized spacial score (nSPS) is 16.8. The first kappa shape index (κ1) is 21.1. The van der Waals surface area contributed by atoms with E-state index in [9.17, 15) is 0 Å². The fourth-order valence-corrected chi connectivity index (χ4v) is 3.47. The number of nitrogens with one attached hydrogen (secondary N) is 1. The Morgan fingerprint density at radius 1 is 1.24 bits per heavy atom. The van der Waals surface area contributed by atoms with Crippen molar-refractivity contribution in [3.63, 3.8) is 0 Å². The zero-order chi connectivity index (χ0) is 20.3. The van der Waals surface area contributed by atoms with E-state index in [0.717, 1.165) is 44.1 Å². The summed E-state index contributed by atoms with van der Waals surface area (Å²) >= 11 is 0. The Labute approximate surface area is 174 Å². The standard InChI is InChI=1S/C23H32N4O2/c1-3-14-29-22-21(10-7-12-25-22)15-26-23(24-2)27-13-11-20(16-27)18-28-17-19-8-5-4-6-9-19/h4-10,12,20H,3,11,13-18H2,1-2H3,(H,24,26). The minimum atomic E-state index is 0.527. The predicted octanol–water partition coefficient (Wildman–Crippen LogP) is 3.48. The fourth-order valence-electron chi connectivity index (χ4n) is 3.47. The lowest BCUT2D eigenvalue weighted by Crippen LogP contribution is -2.40. The van der Waals surface area contributed by atoms with E-state index < -0.39 is 0 Å². The molecule has 1 atom stereocenters. The molecule has 0 radical (unpaired) electrons. The van der Waals surface area contributed by atoms with E-state index in [-0.39, 0.29) is 0 Å². The average molecular weight is 397 g/mol. The Morgan fingerprint density at radius 2 is 2.10 bits per heavy atom. The Bertz CT molecular complexity index is 766. The minimum Gasteiger partial charge on any atom is -0.477 e. The third-order valence-electron chi connectivity index (χ3n) is 4.99. The van der Waals surface area contributed by atoms with Crippen molar-refractivity contribution in [1.29, 1.82) is 0 Å². The maximum absolute atomic E-state index is 5.94. The lowest BCUT2D eigenvalue weighted by Gasteiger charge is -2.22. The van der Waals surface area contributed by atoms with Gasteiger partial charge in [0.2, 0.25) is 5.88 Å². The molecule has 1 fully saturated rings. The van der Waals surface area contributed by atoms with Crippen molar-refractivity contribution in [3.8, 4) is 5.88 Å². The van der Waals surface area contributed by atoms with Gasteiger partial charge in [0, 0.05) is 44.4 Å². The van der Waals surface area contributed by atoms with Gasteiger partial charge < -0.3 is 19.7 Å². The van der Waals surface area contributed by atoms with E-state index in [4.69, 9.17) is 9.47 Å². The van der Waals surface area contributed by atoms with Crippen molar-refractivity contribution in [2.75, 3.05) is 33.4 Å². The number of likely N-dealkylation sites (tertiary alicyclic amines) is 1. The lowest BCUT2D eigenvalue weighted by molar-refractivity contribution is 0.0906. The van der Waals surface area contributed by atoms with Crippen LogP contribution < -0.4 is 10.1 Å². The van der Waals surface area contributed by atoms with Gasteiger partial charge in [0.15, 0.2) is 5.96 Å². The molecular formula is C23H32N4O2. The van der Waals surface area contributed by atoms with Gasteiger partial charge in [-0.1, -0.05) is 43.3 Å². The van der Waals surface area contributed by atoms with Crippen LogP contribution in [0.2, 0.25) is 0 Å². The summed E-state index contributed by atoms with van der Waals surface area (Å²) in [5.74, 6) is 2.14. The van der Waals surface area contributed by atoms with Crippen LogP contribution in [0, 0.1) is 5.92 Å². The van der Waals surface area contributed by atoms with E-state index >= 15 is 0 Å². The van der Waals surface area contributed by atoms with E-state index in [1.54, 1.807) is 6.20 Å². The number of benzene rings is 1. The molecule has 0 amide bonds. The molecule has 1 N–H and O–H groups in total. The van der Waals surface area contributed by atoms with Crippen molar-refractivity contribution in [3.05, 3.63) is 59.8 Å². The molecule has 6 nitrogen and oxygen atoms in total. The Hall–Kier alpha value is -2.60. The van der Waals surface area contributed by atoms with Crippen LogP contribution in [0.1, 0.15) is 30.9 Å². The van der Waals surface area contributed by atoms with Gasteiger partial charge in [0.25, 0.3) is 0 Å². The summed E-state index contributed by atoms with van der Waals surface area (Å²) in [4.78, 5) is 11.1. The van der Waals surface area contributed by atoms with E-state index in [1.165, 1.54) is 5.56 Å². The number of rotatable bonds is 9. The Morgan fingerprint density at radius 3 is 2.90 bits per heavy atom. The highest BCUT2D eigenvalue weighted by molar-refractivity contribution is 5.80. The fraction of sp³-hybridized carbons (Fsp3) is 0.478. The van der Waals surface area contributed by atoms with Crippen molar-refractivity contribution in [2.24, 2.45) is 10.9 Å². The molecule has 1 aromatic heterocycles. The van der Waals surface area contributed by atoms with Crippen LogP contribution in [0.3, 0.4) is 0 Å². The number of nitrogens with zero attached hydrogens (tertiary/aromatic N) is 3. The van der Waals surface area contributed by atoms with Crippen LogP contribution in [0.4, 0.5) is 0 Å². The number of ether oxygens (including phenoxy) is 2. The first-order chi connectivity index (χ1) is 14.3. The molecule has 1 aromatic carbocycles. The minimum absolute atomic E-state index is 0.527. The van der Waals surface area contributed by atoms with Crippen LogP contribution in [-0.2, 0) is 17.9 Å². The molecule has 3 rings (SSSR count). The maximum Gasteiger partial charge on any atom is 0.218 e. The van der Waals surface area contributed by atoms with Crippen molar-refractivity contribution in [1.82, 2.24) is 15.2 Å². The molecule has 6 heteroatoms. The summed E-state index contributed by atoms with van der Waals surface area (Å²) in [5.41, 5.74) is 2.27. The van der Waals surface area contributed by atoms with Gasteiger partial charge in [-0.3, -0.25) is 4.99 Å². The smallest absolute Gasteiger partial charge is 0.218 e. The molecule has 0 saturated carbocycles. The summed E-state index contributed by atoms with van der Waals surface area (Å²) in [6.45, 7) is 6.81. The van der Waals surface area contributed by atoms with E-state index in [1.807, 2.05) is 37.4 Å². The lowest BCUT2D eigenvalue weighted by atomic mass is 10.1. The molecule has 2 heterocycles. The molecule has 1 unspecified atom stereocenters. The van der Waals surface area contributed by atoms with Crippen LogP contribution in [-0.4, -0.2) is 49.2 Å². The zero-order valence-electron chi connectivity index (χ0n) is 17.5. The summed E-state index contributed by atoms with van der Waals surface area (Å²) in [6, 6.07) is 14.3. The van der Waals surface area contributed by atoms with Crippen LogP contribution in [0.5, 0.6) is 5.88 Å². The highest BCUT2D eigenvalue weighted by Crippen LogP contribution is 2.18. The van der Waals surface area contributed by atoms with Gasteiger partial charge in [-0.2, -0.15) is 0 Å². The second-order valence-corrected chi connectivity index (χ2v) is 7.32. The third-order valence-corrected chi connectivity index (χ3v) is 4.99. The molecule has 2 aromatic rings. The SMILES string of the molecule is CCCOc1ncccc1CNC(=NC)N1CCC(COCc2ccccc2)C1. The van der Waals surface area contributed by atoms with Crippen LogP contribution >= 0.6 is 0 Å². The highest BCUT2D eigenvalue weighted by Gasteiger charge is 2.25. The van der Waals surface area contributed by atoms with Gasteiger partial charge in [-0.25, -0.2) is 4.98 Å². The Balaban J connectivity index is 1.45. The maximum atomic E-state index is 5.94. The van der Waals surface area contributed by atoms with Crippen molar-refractivity contribution < 1.29 is 9.47 Å². The summed E-state index contributed by atoms with van der Waals surface area (Å²) < 4.78 is 11.7. The summed E-state index contributed by atoms with van der Waals surface area (Å²) in [5, 5.41) is 3.46. The number of aliphatic imine (C=N–C) groups is 1. The first-order valence-electron chi connectivity index (χ1n) is 10.4. The molecule has 1 aliphatic rings. The quantitative estimate of drug-likeness (QED) is 0.519. The monoisotopic (exact) mass is 396 g/mol. The molecule has 1 saturated heterocycles. The molecular weight excluding hydrogens is 364 g/mol. The number of aromatic nitrogens is 1.